The topological polar surface area (TPSA) is 120 Å². The molecule has 2 N–H and O–H groups in total. The van der Waals surface area contributed by atoms with Gasteiger partial charge in [-0.2, -0.15) is 0 Å². The third-order valence-electron chi connectivity index (χ3n) is 3.96. The van der Waals surface area contributed by atoms with E-state index in [1.165, 1.54) is 25.3 Å². The zero-order valence-corrected chi connectivity index (χ0v) is 18.4. The number of esters is 1. The molecule has 0 saturated heterocycles. The smallest absolute Gasteiger partial charge is 0.407 e. The Balaban J connectivity index is 1.82. The fraction of sp³-hybridized carbons (Fsp3) is 0.304. The van der Waals surface area contributed by atoms with E-state index in [-0.39, 0.29) is 17.7 Å². The van der Waals surface area contributed by atoms with Crippen molar-refractivity contribution >= 4 is 23.9 Å². The summed E-state index contributed by atoms with van der Waals surface area (Å²) in [5, 5.41) is 4.76. The molecule has 32 heavy (non-hydrogen) atoms. The molecule has 9 heteroatoms. The summed E-state index contributed by atoms with van der Waals surface area (Å²) in [6.45, 7) is 4.89. The molecule has 0 aliphatic heterocycles. The number of amides is 3. The Bertz CT molecular complexity index is 979. The van der Waals surface area contributed by atoms with Gasteiger partial charge >= 0.3 is 12.1 Å². The molecule has 0 atom stereocenters. The molecule has 0 spiro atoms. The van der Waals surface area contributed by atoms with Crippen molar-refractivity contribution in [2.24, 2.45) is 0 Å². The summed E-state index contributed by atoms with van der Waals surface area (Å²) in [5.41, 5.74) is 0.551. The molecule has 9 nitrogen and oxygen atoms in total. The van der Waals surface area contributed by atoms with E-state index in [1.54, 1.807) is 51.1 Å². The Labute approximate surface area is 186 Å². The number of carbonyl (C=O) groups excluding carboxylic acids is 4. The number of benzene rings is 2. The minimum atomic E-state index is -0.771. The summed E-state index contributed by atoms with van der Waals surface area (Å²) in [6.07, 6.45) is -0.547. The molecular weight excluding hydrogens is 416 g/mol. The van der Waals surface area contributed by atoms with Crippen LogP contribution in [0.25, 0.3) is 0 Å². The van der Waals surface area contributed by atoms with Crippen molar-refractivity contribution in [1.29, 1.82) is 0 Å². The summed E-state index contributed by atoms with van der Waals surface area (Å²) < 4.78 is 15.2. The molecule has 0 heterocycles. The minimum Gasteiger partial charge on any atom is -0.496 e. The fourth-order valence-corrected chi connectivity index (χ4v) is 2.52. The van der Waals surface area contributed by atoms with E-state index in [4.69, 9.17) is 14.2 Å². The van der Waals surface area contributed by atoms with Crippen LogP contribution in [-0.2, 0) is 20.8 Å². The Hall–Kier alpha value is -3.88. The molecule has 0 aliphatic rings. The zero-order chi connectivity index (χ0) is 23.7. The van der Waals surface area contributed by atoms with E-state index in [2.05, 4.69) is 10.6 Å². The van der Waals surface area contributed by atoms with Gasteiger partial charge in [-0.25, -0.2) is 9.59 Å². The van der Waals surface area contributed by atoms with Crippen molar-refractivity contribution in [3.8, 4) is 5.75 Å². The molecule has 2 aromatic rings. The monoisotopic (exact) mass is 442 g/mol. The number of nitrogens with one attached hydrogen (secondary N) is 2. The number of carbonyl (C=O) groups is 4. The quantitative estimate of drug-likeness (QED) is 0.633. The fourth-order valence-electron chi connectivity index (χ4n) is 2.52. The Kier molecular flexibility index (Phi) is 8.34. The first-order chi connectivity index (χ1) is 15.1. The average Bonchev–Trinajstić information content (AvgIpc) is 2.75. The minimum absolute atomic E-state index is 0.185. The maximum absolute atomic E-state index is 12.2. The van der Waals surface area contributed by atoms with Crippen LogP contribution in [0.2, 0.25) is 0 Å². The second kappa shape index (κ2) is 10.9. The lowest BCUT2D eigenvalue weighted by molar-refractivity contribution is -0.123. The highest BCUT2D eigenvalue weighted by Crippen LogP contribution is 2.16. The summed E-state index contributed by atoms with van der Waals surface area (Å²) >= 11 is 0. The van der Waals surface area contributed by atoms with Gasteiger partial charge in [-0.1, -0.05) is 24.3 Å². The summed E-state index contributed by atoms with van der Waals surface area (Å²) in [7, 11) is 1.41. The number of methoxy groups -OCH3 is 1. The predicted molar refractivity (Wildman–Crippen MR) is 115 cm³/mol. The van der Waals surface area contributed by atoms with Gasteiger partial charge < -0.3 is 19.5 Å². The van der Waals surface area contributed by atoms with Gasteiger partial charge in [0.15, 0.2) is 6.61 Å². The van der Waals surface area contributed by atoms with Crippen molar-refractivity contribution in [2.75, 3.05) is 13.7 Å². The highest BCUT2D eigenvalue weighted by molar-refractivity contribution is 6.07. The number of hydrogen-bond acceptors (Lipinski definition) is 7. The first-order valence-corrected chi connectivity index (χ1v) is 9.79. The second-order valence-electron chi connectivity index (χ2n) is 7.71. The first kappa shape index (κ1) is 24.4. The molecule has 2 aromatic carbocycles. The zero-order valence-electron chi connectivity index (χ0n) is 18.4. The van der Waals surface area contributed by atoms with Gasteiger partial charge in [0.25, 0.3) is 11.8 Å². The van der Waals surface area contributed by atoms with Gasteiger partial charge in [0.05, 0.1) is 18.2 Å². The summed E-state index contributed by atoms with van der Waals surface area (Å²) in [5.74, 6) is -1.84. The van der Waals surface area contributed by atoms with Crippen LogP contribution < -0.4 is 15.4 Å². The molecule has 0 fully saturated rings. The average molecular weight is 442 g/mol. The van der Waals surface area contributed by atoms with E-state index in [0.29, 0.717) is 5.75 Å². The van der Waals surface area contributed by atoms with Crippen molar-refractivity contribution < 1.29 is 33.4 Å². The van der Waals surface area contributed by atoms with Crippen LogP contribution in [0.15, 0.2) is 48.5 Å². The van der Waals surface area contributed by atoms with Crippen LogP contribution in [0.4, 0.5) is 4.79 Å². The largest absolute Gasteiger partial charge is 0.496 e. The summed E-state index contributed by atoms with van der Waals surface area (Å²) in [6, 6.07) is 12.7. The lowest BCUT2D eigenvalue weighted by Gasteiger charge is -2.19. The molecule has 0 bridgehead atoms. The normalized spacial score (nSPS) is 10.6. The Morgan fingerprint density at radius 1 is 0.938 bits per heavy atom. The standard InChI is InChI=1S/C23H26N2O7/c1-23(2,3)32-22(29)24-13-15-9-11-16(12-10-15)21(28)31-14-19(26)25-20(27)17-7-5-6-8-18(17)30-4/h5-12H,13-14H2,1-4H3,(H,24,29)(H,25,26,27). The third-order valence-corrected chi connectivity index (χ3v) is 3.96. The number of imide groups is 1. The van der Waals surface area contributed by atoms with Gasteiger partial charge in [0.1, 0.15) is 11.4 Å². The van der Waals surface area contributed by atoms with Crippen LogP contribution in [0.5, 0.6) is 5.75 Å². The van der Waals surface area contributed by atoms with E-state index in [9.17, 15) is 19.2 Å². The number of ether oxygens (including phenoxy) is 3. The van der Waals surface area contributed by atoms with Crippen molar-refractivity contribution in [3.63, 3.8) is 0 Å². The van der Waals surface area contributed by atoms with Gasteiger partial charge in [-0.05, 0) is 50.6 Å². The van der Waals surface area contributed by atoms with Crippen LogP contribution in [-0.4, -0.2) is 43.2 Å². The molecule has 0 aromatic heterocycles. The van der Waals surface area contributed by atoms with Crippen LogP contribution >= 0.6 is 0 Å². The number of alkyl carbamates (subject to hydrolysis) is 1. The molecular formula is C23H26N2O7. The van der Waals surface area contributed by atoms with Crippen LogP contribution in [0.3, 0.4) is 0 Å². The SMILES string of the molecule is COc1ccccc1C(=O)NC(=O)COC(=O)c1ccc(CNC(=O)OC(C)(C)C)cc1. The van der Waals surface area contributed by atoms with Gasteiger partial charge in [0.2, 0.25) is 0 Å². The first-order valence-electron chi connectivity index (χ1n) is 9.79. The second-order valence-corrected chi connectivity index (χ2v) is 7.71. The molecule has 170 valence electrons. The number of hydrogen-bond donors (Lipinski definition) is 2. The lowest BCUT2D eigenvalue weighted by atomic mass is 10.1. The summed E-state index contributed by atoms with van der Waals surface area (Å²) in [4.78, 5) is 48.0. The molecule has 0 radical (unpaired) electrons. The van der Waals surface area contributed by atoms with Crippen molar-refractivity contribution in [2.45, 2.75) is 32.9 Å². The third kappa shape index (κ3) is 7.75. The van der Waals surface area contributed by atoms with Crippen molar-refractivity contribution in [3.05, 3.63) is 65.2 Å². The van der Waals surface area contributed by atoms with Gasteiger partial charge in [-0.15, -0.1) is 0 Å². The Morgan fingerprint density at radius 3 is 2.22 bits per heavy atom. The number of para-hydroxylation sites is 1. The molecule has 3 amide bonds. The highest BCUT2D eigenvalue weighted by atomic mass is 16.6. The molecule has 0 aliphatic carbocycles. The Morgan fingerprint density at radius 2 is 1.59 bits per heavy atom. The lowest BCUT2D eigenvalue weighted by Crippen LogP contribution is -2.34. The van der Waals surface area contributed by atoms with E-state index in [0.717, 1.165) is 5.56 Å². The van der Waals surface area contributed by atoms with Crippen LogP contribution in [0, 0.1) is 0 Å². The van der Waals surface area contributed by atoms with Crippen LogP contribution in [0.1, 0.15) is 47.1 Å². The van der Waals surface area contributed by atoms with Crippen molar-refractivity contribution in [1.82, 2.24) is 10.6 Å². The van der Waals surface area contributed by atoms with Gasteiger partial charge in [0, 0.05) is 6.54 Å². The van der Waals surface area contributed by atoms with Gasteiger partial charge in [-0.3, -0.25) is 14.9 Å². The predicted octanol–water partition coefficient (Wildman–Crippen LogP) is 2.83. The molecule has 2 rings (SSSR count). The maximum Gasteiger partial charge on any atom is 0.407 e. The van der Waals surface area contributed by atoms with E-state index >= 15 is 0 Å². The maximum atomic E-state index is 12.2. The highest BCUT2D eigenvalue weighted by Gasteiger charge is 2.17. The molecule has 0 unspecified atom stereocenters. The van der Waals surface area contributed by atoms with E-state index < -0.39 is 36.1 Å². The number of rotatable bonds is 7. The van der Waals surface area contributed by atoms with E-state index in [1.807, 2.05) is 0 Å². The molecule has 0 saturated carbocycles.